The van der Waals surface area contributed by atoms with Gasteiger partial charge in [-0.25, -0.2) is 4.98 Å². The number of nitrogens with zero attached hydrogens (tertiary/aromatic N) is 1. The van der Waals surface area contributed by atoms with E-state index in [0.29, 0.717) is 19.0 Å². The molecule has 0 unspecified atom stereocenters. The molecule has 0 saturated carbocycles. The van der Waals surface area contributed by atoms with Gasteiger partial charge in [0.15, 0.2) is 5.82 Å². The van der Waals surface area contributed by atoms with E-state index in [9.17, 15) is 4.79 Å². The van der Waals surface area contributed by atoms with Gasteiger partial charge in [0.05, 0.1) is 6.61 Å². The number of ether oxygens (including phenoxy) is 1. The Kier molecular flexibility index (Phi) is 3.28. The third-order valence-corrected chi connectivity index (χ3v) is 1.31. The number of imidazole rings is 1. The molecule has 12 heavy (non-hydrogen) atoms. The molecule has 0 radical (unpaired) electrons. The number of hydrogen-bond donors (Lipinski definition) is 2. The molecule has 0 aliphatic carbocycles. The highest BCUT2D eigenvalue weighted by molar-refractivity contribution is 5.90. The zero-order chi connectivity index (χ0) is 8.81. The van der Waals surface area contributed by atoms with Crippen LogP contribution in [0, 0.1) is 0 Å². The average molecular weight is 169 g/mol. The zero-order valence-corrected chi connectivity index (χ0v) is 6.83. The maximum atomic E-state index is 11.1. The molecule has 0 aliphatic heterocycles. The lowest BCUT2D eigenvalue weighted by Gasteiger charge is -2.00. The predicted molar refractivity (Wildman–Crippen MR) is 42.8 cm³/mol. The molecule has 0 saturated heterocycles. The first kappa shape index (κ1) is 8.73. The first-order valence-electron chi connectivity index (χ1n) is 3.61. The third kappa shape index (κ3) is 2.35. The highest BCUT2D eigenvalue weighted by Gasteiger charge is 2.04. The Labute approximate surface area is 70.1 Å². The Morgan fingerprint density at radius 1 is 1.83 bits per heavy atom. The van der Waals surface area contributed by atoms with E-state index in [4.69, 9.17) is 4.74 Å². The number of amides is 1. The minimum absolute atomic E-state index is 0.211. The number of methoxy groups -OCH3 is 1. The van der Waals surface area contributed by atoms with Crippen molar-refractivity contribution in [2.24, 2.45) is 0 Å². The number of carbonyl (C=O) groups is 1. The summed E-state index contributed by atoms with van der Waals surface area (Å²) >= 11 is 0. The summed E-state index contributed by atoms with van der Waals surface area (Å²) in [6.45, 7) is 1.00. The van der Waals surface area contributed by atoms with Crippen LogP contribution in [0.15, 0.2) is 12.4 Å². The normalized spacial score (nSPS) is 9.75. The van der Waals surface area contributed by atoms with Crippen LogP contribution in [0.3, 0.4) is 0 Å². The van der Waals surface area contributed by atoms with Crippen LogP contribution in [0.5, 0.6) is 0 Å². The van der Waals surface area contributed by atoms with Crippen LogP contribution in [0.2, 0.25) is 0 Å². The largest absolute Gasteiger partial charge is 0.383 e. The molecule has 0 atom stereocenters. The minimum Gasteiger partial charge on any atom is -0.383 e. The standard InChI is InChI=1S/C7H11N3O2/c1-12-5-4-10-7(11)6-8-2-3-9-6/h2-3H,4-5H2,1H3,(H,8,9)(H,10,11). The number of rotatable bonds is 4. The molecule has 66 valence electrons. The van der Waals surface area contributed by atoms with Crippen molar-refractivity contribution in [2.75, 3.05) is 20.3 Å². The Balaban J connectivity index is 2.30. The van der Waals surface area contributed by atoms with Gasteiger partial charge in [0.25, 0.3) is 5.91 Å². The van der Waals surface area contributed by atoms with E-state index in [-0.39, 0.29) is 5.91 Å². The summed E-state index contributed by atoms with van der Waals surface area (Å²) in [5, 5.41) is 2.63. The van der Waals surface area contributed by atoms with E-state index >= 15 is 0 Å². The number of aromatic nitrogens is 2. The smallest absolute Gasteiger partial charge is 0.287 e. The number of nitrogens with one attached hydrogen (secondary N) is 2. The third-order valence-electron chi connectivity index (χ3n) is 1.31. The van der Waals surface area contributed by atoms with Gasteiger partial charge in [0.1, 0.15) is 0 Å². The van der Waals surface area contributed by atoms with Gasteiger partial charge in [-0.3, -0.25) is 4.79 Å². The number of H-pyrrole nitrogens is 1. The second-order valence-corrected chi connectivity index (χ2v) is 2.19. The van der Waals surface area contributed by atoms with Crippen LogP contribution in [-0.4, -0.2) is 36.1 Å². The lowest BCUT2D eigenvalue weighted by molar-refractivity contribution is 0.0927. The molecule has 1 rings (SSSR count). The Morgan fingerprint density at radius 2 is 2.67 bits per heavy atom. The molecule has 2 N–H and O–H groups in total. The van der Waals surface area contributed by atoms with Crippen molar-refractivity contribution in [1.82, 2.24) is 15.3 Å². The van der Waals surface area contributed by atoms with Crippen molar-refractivity contribution < 1.29 is 9.53 Å². The Bertz CT molecular complexity index is 233. The van der Waals surface area contributed by atoms with Crippen molar-refractivity contribution >= 4 is 5.91 Å². The molecule has 0 spiro atoms. The van der Waals surface area contributed by atoms with E-state index in [1.54, 1.807) is 13.3 Å². The van der Waals surface area contributed by atoms with Crippen LogP contribution >= 0.6 is 0 Å². The van der Waals surface area contributed by atoms with Gasteiger partial charge in [-0.1, -0.05) is 0 Å². The van der Waals surface area contributed by atoms with Crippen LogP contribution < -0.4 is 5.32 Å². The van der Waals surface area contributed by atoms with E-state index < -0.39 is 0 Å². The molecule has 5 heteroatoms. The van der Waals surface area contributed by atoms with E-state index in [1.807, 2.05) is 0 Å². The van der Waals surface area contributed by atoms with E-state index in [2.05, 4.69) is 15.3 Å². The summed E-state index contributed by atoms with van der Waals surface area (Å²) < 4.78 is 4.76. The molecule has 5 nitrogen and oxygen atoms in total. The molecule has 0 bridgehead atoms. The molecular formula is C7H11N3O2. The summed E-state index contributed by atoms with van der Waals surface area (Å²) in [5.41, 5.74) is 0. The first-order chi connectivity index (χ1) is 5.84. The average Bonchev–Trinajstić information content (AvgIpc) is 2.56. The van der Waals surface area contributed by atoms with Crippen LogP contribution in [0.4, 0.5) is 0 Å². The Hall–Kier alpha value is -1.36. The highest BCUT2D eigenvalue weighted by Crippen LogP contribution is 1.86. The highest BCUT2D eigenvalue weighted by atomic mass is 16.5. The first-order valence-corrected chi connectivity index (χ1v) is 3.61. The molecule has 1 aromatic rings. The van der Waals surface area contributed by atoms with Crippen LogP contribution in [-0.2, 0) is 4.74 Å². The molecule has 1 amide bonds. The van der Waals surface area contributed by atoms with Crippen molar-refractivity contribution in [3.63, 3.8) is 0 Å². The van der Waals surface area contributed by atoms with Crippen molar-refractivity contribution in [2.45, 2.75) is 0 Å². The number of aromatic amines is 1. The zero-order valence-electron chi connectivity index (χ0n) is 6.83. The van der Waals surface area contributed by atoms with E-state index in [0.717, 1.165) is 0 Å². The SMILES string of the molecule is COCCNC(=O)c1ncc[nH]1. The van der Waals surface area contributed by atoms with Gasteiger partial charge < -0.3 is 15.0 Å². The summed E-state index contributed by atoms with van der Waals surface area (Å²) in [4.78, 5) is 17.6. The summed E-state index contributed by atoms with van der Waals surface area (Å²) in [5.74, 6) is 0.114. The second-order valence-electron chi connectivity index (χ2n) is 2.19. The molecule has 0 fully saturated rings. The lowest BCUT2D eigenvalue weighted by atomic mass is 10.5. The summed E-state index contributed by atoms with van der Waals surface area (Å²) in [6, 6.07) is 0. The van der Waals surface area contributed by atoms with Gasteiger partial charge in [0, 0.05) is 26.0 Å². The molecule has 1 heterocycles. The summed E-state index contributed by atoms with van der Waals surface area (Å²) in [7, 11) is 1.58. The van der Waals surface area contributed by atoms with Crippen LogP contribution in [0.1, 0.15) is 10.6 Å². The van der Waals surface area contributed by atoms with Gasteiger partial charge in [-0.15, -0.1) is 0 Å². The van der Waals surface area contributed by atoms with Crippen molar-refractivity contribution in [3.05, 3.63) is 18.2 Å². The number of carbonyl (C=O) groups excluding carboxylic acids is 1. The topological polar surface area (TPSA) is 67.0 Å². The number of hydrogen-bond acceptors (Lipinski definition) is 3. The van der Waals surface area contributed by atoms with Crippen molar-refractivity contribution in [3.8, 4) is 0 Å². The van der Waals surface area contributed by atoms with Crippen LogP contribution in [0.25, 0.3) is 0 Å². The minimum atomic E-state index is -0.211. The van der Waals surface area contributed by atoms with Crippen molar-refractivity contribution in [1.29, 1.82) is 0 Å². The second kappa shape index (κ2) is 4.50. The maximum Gasteiger partial charge on any atom is 0.287 e. The van der Waals surface area contributed by atoms with Gasteiger partial charge >= 0.3 is 0 Å². The quantitative estimate of drug-likeness (QED) is 0.612. The monoisotopic (exact) mass is 169 g/mol. The molecule has 0 aromatic carbocycles. The van der Waals surface area contributed by atoms with Gasteiger partial charge in [0.2, 0.25) is 0 Å². The van der Waals surface area contributed by atoms with E-state index in [1.165, 1.54) is 6.20 Å². The predicted octanol–water partition coefficient (Wildman–Crippen LogP) is -0.214. The molecular weight excluding hydrogens is 158 g/mol. The fourth-order valence-corrected chi connectivity index (χ4v) is 0.740. The van der Waals surface area contributed by atoms with Gasteiger partial charge in [-0.2, -0.15) is 0 Å². The summed E-state index contributed by atoms with van der Waals surface area (Å²) in [6.07, 6.45) is 3.14. The maximum absolute atomic E-state index is 11.1. The Morgan fingerprint density at radius 3 is 3.25 bits per heavy atom. The van der Waals surface area contributed by atoms with Gasteiger partial charge in [-0.05, 0) is 0 Å². The fraction of sp³-hybridized carbons (Fsp3) is 0.429. The molecule has 1 aromatic heterocycles. The molecule has 0 aliphatic rings. The fourth-order valence-electron chi connectivity index (χ4n) is 0.740. The lowest BCUT2D eigenvalue weighted by Crippen LogP contribution is -2.27.